The molecule has 3 rings (SSSR count). The SMILES string of the molecule is CC(C)c1ccccc1OCC(O)CN1C(=O)C2CCCCC2C1=O. The van der Waals surface area contributed by atoms with Gasteiger partial charge in [0.15, 0.2) is 0 Å². The van der Waals surface area contributed by atoms with Gasteiger partial charge in [-0.3, -0.25) is 14.5 Å². The predicted octanol–water partition coefficient (Wildman–Crippen LogP) is 2.72. The molecule has 136 valence electrons. The smallest absolute Gasteiger partial charge is 0.233 e. The average Bonchev–Trinajstić information content (AvgIpc) is 2.85. The topological polar surface area (TPSA) is 66.8 Å². The molecule has 5 heteroatoms. The van der Waals surface area contributed by atoms with Crippen LogP contribution in [-0.2, 0) is 9.59 Å². The Balaban J connectivity index is 1.59. The summed E-state index contributed by atoms with van der Waals surface area (Å²) in [6.45, 7) is 4.26. The minimum Gasteiger partial charge on any atom is -0.491 e. The normalized spacial score (nSPS) is 24.6. The second-order valence-electron chi connectivity index (χ2n) is 7.44. The highest BCUT2D eigenvalue weighted by Crippen LogP contribution is 2.38. The summed E-state index contributed by atoms with van der Waals surface area (Å²) in [4.78, 5) is 26.2. The predicted molar refractivity (Wildman–Crippen MR) is 94.2 cm³/mol. The summed E-state index contributed by atoms with van der Waals surface area (Å²) < 4.78 is 5.76. The molecule has 1 heterocycles. The van der Waals surface area contributed by atoms with Crippen LogP contribution in [0.5, 0.6) is 5.75 Å². The Morgan fingerprint density at radius 1 is 1.12 bits per heavy atom. The highest BCUT2D eigenvalue weighted by Gasteiger charge is 2.48. The fourth-order valence-corrected chi connectivity index (χ4v) is 3.95. The first-order valence-corrected chi connectivity index (χ1v) is 9.24. The maximum Gasteiger partial charge on any atom is 0.233 e. The van der Waals surface area contributed by atoms with E-state index in [-0.39, 0.29) is 36.8 Å². The van der Waals surface area contributed by atoms with E-state index in [1.165, 1.54) is 4.90 Å². The molecule has 5 nitrogen and oxygen atoms in total. The third-order valence-electron chi connectivity index (χ3n) is 5.30. The molecule has 1 aromatic carbocycles. The molecule has 3 unspecified atom stereocenters. The van der Waals surface area contributed by atoms with Crippen molar-refractivity contribution in [3.8, 4) is 5.75 Å². The second-order valence-corrected chi connectivity index (χ2v) is 7.44. The standard InChI is InChI=1S/C20H27NO4/c1-13(2)15-7-5-6-10-18(15)25-12-14(22)11-21-19(23)16-8-3-4-9-17(16)20(21)24/h5-7,10,13-14,16-17,22H,3-4,8-9,11-12H2,1-2H3. The van der Waals surface area contributed by atoms with Crippen LogP contribution in [0.3, 0.4) is 0 Å². The van der Waals surface area contributed by atoms with Gasteiger partial charge in [-0.1, -0.05) is 44.9 Å². The largest absolute Gasteiger partial charge is 0.491 e. The maximum absolute atomic E-state index is 12.5. The number of hydrogen-bond acceptors (Lipinski definition) is 4. The minimum atomic E-state index is -0.881. The van der Waals surface area contributed by atoms with Crippen LogP contribution >= 0.6 is 0 Å². The highest BCUT2D eigenvalue weighted by atomic mass is 16.5. The van der Waals surface area contributed by atoms with Gasteiger partial charge in [0, 0.05) is 0 Å². The van der Waals surface area contributed by atoms with Gasteiger partial charge in [0.1, 0.15) is 18.5 Å². The van der Waals surface area contributed by atoms with Crippen molar-refractivity contribution >= 4 is 11.8 Å². The molecular weight excluding hydrogens is 318 g/mol. The summed E-state index contributed by atoms with van der Waals surface area (Å²) in [5.74, 6) is 0.488. The van der Waals surface area contributed by atoms with Gasteiger partial charge in [-0.05, 0) is 30.4 Å². The zero-order chi connectivity index (χ0) is 18.0. The first-order valence-electron chi connectivity index (χ1n) is 9.24. The van der Waals surface area contributed by atoms with E-state index in [9.17, 15) is 14.7 Å². The number of carbonyl (C=O) groups excluding carboxylic acids is 2. The Hall–Kier alpha value is -1.88. The third kappa shape index (κ3) is 3.71. The van der Waals surface area contributed by atoms with Gasteiger partial charge < -0.3 is 9.84 Å². The van der Waals surface area contributed by atoms with Crippen molar-refractivity contribution in [3.05, 3.63) is 29.8 Å². The molecule has 1 aromatic rings. The van der Waals surface area contributed by atoms with E-state index in [4.69, 9.17) is 4.74 Å². The van der Waals surface area contributed by atoms with E-state index in [0.29, 0.717) is 5.92 Å². The Labute approximate surface area is 149 Å². The number of nitrogens with zero attached hydrogens (tertiary/aromatic N) is 1. The number of likely N-dealkylation sites (tertiary alicyclic amines) is 1. The number of hydrogen-bond donors (Lipinski definition) is 1. The molecule has 25 heavy (non-hydrogen) atoms. The number of fused-ring (bicyclic) bond motifs is 1. The van der Waals surface area contributed by atoms with Crippen LogP contribution in [0.4, 0.5) is 0 Å². The maximum atomic E-state index is 12.5. The Morgan fingerprint density at radius 2 is 1.72 bits per heavy atom. The molecule has 1 aliphatic heterocycles. The first-order chi connectivity index (χ1) is 12.0. The molecule has 2 amide bonds. The minimum absolute atomic E-state index is 0.0223. The van der Waals surface area contributed by atoms with Gasteiger partial charge in [-0.25, -0.2) is 0 Å². The monoisotopic (exact) mass is 345 g/mol. The van der Waals surface area contributed by atoms with Crippen molar-refractivity contribution in [2.75, 3.05) is 13.2 Å². The van der Waals surface area contributed by atoms with Crippen molar-refractivity contribution in [1.82, 2.24) is 4.90 Å². The van der Waals surface area contributed by atoms with E-state index >= 15 is 0 Å². The lowest BCUT2D eigenvalue weighted by Gasteiger charge is -2.20. The molecule has 0 bridgehead atoms. The number of benzene rings is 1. The van der Waals surface area contributed by atoms with Gasteiger partial charge in [-0.15, -0.1) is 0 Å². The molecule has 1 N–H and O–H groups in total. The lowest BCUT2D eigenvalue weighted by atomic mass is 9.81. The number of ether oxygens (including phenoxy) is 1. The number of para-hydroxylation sites is 1. The molecule has 1 saturated carbocycles. The molecule has 0 aromatic heterocycles. The van der Waals surface area contributed by atoms with Gasteiger partial charge in [-0.2, -0.15) is 0 Å². The lowest BCUT2D eigenvalue weighted by molar-refractivity contribution is -0.141. The average molecular weight is 345 g/mol. The number of carbonyl (C=O) groups is 2. The van der Waals surface area contributed by atoms with Crippen LogP contribution in [0.2, 0.25) is 0 Å². The molecule has 0 spiro atoms. The summed E-state index contributed by atoms with van der Waals surface area (Å²) in [5, 5.41) is 10.3. The molecule has 0 radical (unpaired) electrons. The first kappa shape index (κ1) is 17.9. The van der Waals surface area contributed by atoms with E-state index in [2.05, 4.69) is 13.8 Å². The summed E-state index contributed by atoms with van der Waals surface area (Å²) in [7, 11) is 0. The Kier molecular flexibility index (Phi) is 5.42. The van der Waals surface area contributed by atoms with E-state index in [1.54, 1.807) is 0 Å². The van der Waals surface area contributed by atoms with E-state index < -0.39 is 6.10 Å². The van der Waals surface area contributed by atoms with Crippen LogP contribution in [-0.4, -0.2) is 41.1 Å². The number of β-amino-alcohol motifs (C(OH)–C–C–N with tert-alkyl or cyclic N) is 1. The van der Waals surface area contributed by atoms with Gasteiger partial charge in [0.05, 0.1) is 18.4 Å². The molecule has 2 fully saturated rings. The Morgan fingerprint density at radius 3 is 2.32 bits per heavy atom. The van der Waals surface area contributed by atoms with Gasteiger partial charge >= 0.3 is 0 Å². The summed E-state index contributed by atoms with van der Waals surface area (Å²) in [6, 6.07) is 7.74. The number of rotatable bonds is 6. The summed E-state index contributed by atoms with van der Waals surface area (Å²) >= 11 is 0. The summed E-state index contributed by atoms with van der Waals surface area (Å²) in [5.41, 5.74) is 1.08. The van der Waals surface area contributed by atoms with Crippen molar-refractivity contribution in [2.24, 2.45) is 11.8 Å². The molecule has 1 saturated heterocycles. The van der Waals surface area contributed by atoms with Crippen molar-refractivity contribution in [2.45, 2.75) is 51.6 Å². The molecule has 2 aliphatic rings. The number of aliphatic hydroxyl groups is 1. The third-order valence-corrected chi connectivity index (χ3v) is 5.30. The quantitative estimate of drug-likeness (QED) is 0.805. The van der Waals surface area contributed by atoms with Crippen molar-refractivity contribution < 1.29 is 19.4 Å². The lowest BCUT2D eigenvalue weighted by Crippen LogP contribution is -2.40. The van der Waals surface area contributed by atoms with Crippen LogP contribution in [0.15, 0.2) is 24.3 Å². The molecule has 3 atom stereocenters. The van der Waals surface area contributed by atoms with E-state index in [0.717, 1.165) is 37.0 Å². The van der Waals surface area contributed by atoms with Gasteiger partial charge in [0.25, 0.3) is 0 Å². The van der Waals surface area contributed by atoms with Crippen LogP contribution < -0.4 is 4.74 Å². The number of imide groups is 1. The zero-order valence-corrected chi connectivity index (χ0v) is 15.0. The van der Waals surface area contributed by atoms with Crippen LogP contribution in [0.25, 0.3) is 0 Å². The summed E-state index contributed by atoms with van der Waals surface area (Å²) in [6.07, 6.45) is 2.71. The number of aliphatic hydroxyl groups excluding tert-OH is 1. The van der Waals surface area contributed by atoms with Crippen LogP contribution in [0.1, 0.15) is 51.0 Å². The Bertz CT molecular complexity index is 618. The zero-order valence-electron chi connectivity index (χ0n) is 15.0. The van der Waals surface area contributed by atoms with Crippen LogP contribution in [0, 0.1) is 11.8 Å². The highest BCUT2D eigenvalue weighted by molar-refractivity contribution is 6.05. The molecular formula is C20H27NO4. The fraction of sp³-hybridized carbons (Fsp3) is 0.600. The second kappa shape index (κ2) is 7.56. The van der Waals surface area contributed by atoms with E-state index in [1.807, 2.05) is 24.3 Å². The van der Waals surface area contributed by atoms with Crippen molar-refractivity contribution in [3.63, 3.8) is 0 Å². The fourth-order valence-electron chi connectivity index (χ4n) is 3.95. The number of amides is 2. The van der Waals surface area contributed by atoms with Crippen molar-refractivity contribution in [1.29, 1.82) is 0 Å². The molecule has 1 aliphatic carbocycles. The van der Waals surface area contributed by atoms with Gasteiger partial charge in [0.2, 0.25) is 11.8 Å².